The molecule has 0 heterocycles. The molecule has 32 valence electrons. The summed E-state index contributed by atoms with van der Waals surface area (Å²) in [7, 11) is 2.42. The zero-order valence-corrected chi connectivity index (χ0v) is 4.62. The molecule has 0 bridgehead atoms. The van der Waals surface area contributed by atoms with E-state index < -0.39 is 0 Å². The smallest absolute Gasteiger partial charge is 0.0394 e. The minimum atomic E-state index is 0.698. The van der Waals surface area contributed by atoms with Gasteiger partial charge in [-0.25, -0.2) is 0 Å². The summed E-state index contributed by atoms with van der Waals surface area (Å²) in [5.74, 6) is 0. The molecule has 0 radical (unpaired) electrons. The van der Waals surface area contributed by atoms with Crippen molar-refractivity contribution in [3.63, 3.8) is 0 Å². The van der Waals surface area contributed by atoms with Crippen molar-refractivity contribution in [2.24, 2.45) is 0 Å². The Kier molecular flexibility index (Phi) is 4.73. The molecule has 0 spiro atoms. The zero-order valence-electron chi connectivity index (χ0n) is 3.62. The van der Waals surface area contributed by atoms with Crippen LogP contribution in [0.5, 0.6) is 0 Å². The maximum Gasteiger partial charge on any atom is 0.0394 e. The maximum absolute atomic E-state index is 4.72. The first-order chi connectivity index (χ1) is 2.41. The molecule has 0 fully saturated rings. The predicted molar refractivity (Wildman–Crippen MR) is 25.9 cm³/mol. The van der Waals surface area contributed by atoms with Crippen LogP contribution in [0.1, 0.15) is 6.92 Å². The Morgan fingerprint density at radius 1 is 1.80 bits per heavy atom. The molecule has 0 aliphatic carbocycles. The van der Waals surface area contributed by atoms with E-state index in [-0.39, 0.29) is 0 Å². The fourth-order valence-electron chi connectivity index (χ4n) is 0.144. The van der Waals surface area contributed by atoms with Gasteiger partial charge in [0.25, 0.3) is 0 Å². The van der Waals surface area contributed by atoms with Crippen molar-refractivity contribution in [1.82, 2.24) is 0 Å². The maximum atomic E-state index is 4.72. The molecule has 1 atom stereocenters. The summed E-state index contributed by atoms with van der Waals surface area (Å²) in [4.78, 5) is 0. The second-order valence-corrected chi connectivity index (χ2v) is 2.11. The van der Waals surface area contributed by atoms with E-state index in [2.05, 4.69) is 6.92 Å². The van der Waals surface area contributed by atoms with E-state index in [0.29, 0.717) is 8.81 Å². The monoisotopic (exact) mass is 92.0 g/mol. The molecule has 1 unspecified atom stereocenters. The summed E-state index contributed by atoms with van der Waals surface area (Å²) >= 11 is 0. The summed E-state index contributed by atoms with van der Waals surface area (Å²) in [5, 5.41) is 0. The quantitative estimate of drug-likeness (QED) is 0.466. The van der Waals surface area contributed by atoms with Crippen molar-refractivity contribution in [2.75, 3.05) is 13.3 Å². The zero-order chi connectivity index (χ0) is 4.12. The molecule has 0 N–H and O–H groups in total. The molecule has 0 aliphatic rings. The molecule has 0 aromatic carbocycles. The first kappa shape index (κ1) is 5.39. The third kappa shape index (κ3) is 4.39. The average molecular weight is 92.1 g/mol. The lowest BCUT2D eigenvalue weighted by atomic mass is 11.0. The Labute approximate surface area is 34.6 Å². The highest BCUT2D eigenvalue weighted by molar-refractivity contribution is 7.32. The summed E-state index contributed by atoms with van der Waals surface area (Å²) < 4.78 is 4.72. The highest BCUT2D eigenvalue weighted by Crippen LogP contribution is 2.04. The fraction of sp³-hybridized carbons (Fsp3) is 1.00. The van der Waals surface area contributed by atoms with Crippen LogP contribution in [0.25, 0.3) is 0 Å². The lowest BCUT2D eigenvalue weighted by molar-refractivity contribution is 0.476. The van der Waals surface area contributed by atoms with E-state index in [9.17, 15) is 0 Å². The Hall–Kier alpha value is 0.390. The third-order valence-corrected chi connectivity index (χ3v) is 0.866. The van der Waals surface area contributed by atoms with Crippen LogP contribution in [-0.4, -0.2) is 13.3 Å². The molecule has 0 aromatic rings. The summed E-state index contributed by atoms with van der Waals surface area (Å²) in [6.45, 7) is 2.10. The van der Waals surface area contributed by atoms with Gasteiger partial charge in [0.1, 0.15) is 0 Å². The van der Waals surface area contributed by atoms with Crippen molar-refractivity contribution in [3.05, 3.63) is 0 Å². The molecule has 0 saturated heterocycles. The van der Waals surface area contributed by atoms with Crippen LogP contribution in [0.3, 0.4) is 0 Å². The standard InChI is InChI=1S/C3H9OP/c1-3-5-4-2/h5H,3H2,1-2H3. The lowest BCUT2D eigenvalue weighted by Crippen LogP contribution is -1.60. The van der Waals surface area contributed by atoms with E-state index in [1.54, 1.807) is 7.11 Å². The number of hydrogen-bond donors (Lipinski definition) is 0. The van der Waals surface area contributed by atoms with Crippen LogP contribution in [0.15, 0.2) is 0 Å². The second kappa shape index (κ2) is 4.39. The Bertz CT molecular complexity index is 14.4. The van der Waals surface area contributed by atoms with Gasteiger partial charge in [-0.05, 0) is 6.16 Å². The third-order valence-electron chi connectivity index (χ3n) is 0.289. The minimum absolute atomic E-state index is 0.698. The second-order valence-electron chi connectivity index (χ2n) is 0.702. The van der Waals surface area contributed by atoms with Gasteiger partial charge in [-0.3, -0.25) is 0 Å². The van der Waals surface area contributed by atoms with Gasteiger partial charge in [-0.1, -0.05) is 6.92 Å². The molecule has 0 saturated carbocycles. The van der Waals surface area contributed by atoms with E-state index >= 15 is 0 Å². The topological polar surface area (TPSA) is 9.23 Å². The van der Waals surface area contributed by atoms with Gasteiger partial charge in [0.05, 0.1) is 0 Å². The van der Waals surface area contributed by atoms with Crippen LogP contribution in [-0.2, 0) is 4.52 Å². The highest BCUT2D eigenvalue weighted by Gasteiger charge is 1.65. The van der Waals surface area contributed by atoms with Gasteiger partial charge in [0, 0.05) is 15.9 Å². The highest BCUT2D eigenvalue weighted by atomic mass is 31.1. The largest absolute Gasteiger partial charge is 0.366 e. The fourth-order valence-corrected chi connectivity index (χ4v) is 0.433. The SMILES string of the molecule is CCPOC. The van der Waals surface area contributed by atoms with Gasteiger partial charge < -0.3 is 4.52 Å². The lowest BCUT2D eigenvalue weighted by Gasteiger charge is -1.84. The number of rotatable bonds is 2. The summed E-state index contributed by atoms with van der Waals surface area (Å²) in [6, 6.07) is 0. The summed E-state index contributed by atoms with van der Waals surface area (Å²) in [5.41, 5.74) is 0. The molecule has 5 heavy (non-hydrogen) atoms. The molecule has 0 amide bonds. The molecule has 1 nitrogen and oxygen atoms in total. The molecular weight excluding hydrogens is 83.0 g/mol. The Balaban J connectivity index is 2.19. The van der Waals surface area contributed by atoms with Gasteiger partial charge in [-0.15, -0.1) is 0 Å². The van der Waals surface area contributed by atoms with Gasteiger partial charge >= 0.3 is 0 Å². The minimum Gasteiger partial charge on any atom is -0.366 e. The first-order valence-corrected chi connectivity index (χ1v) is 2.79. The van der Waals surface area contributed by atoms with Gasteiger partial charge in [-0.2, -0.15) is 0 Å². The first-order valence-electron chi connectivity index (χ1n) is 1.67. The molecular formula is C3H9OP. The predicted octanol–water partition coefficient (Wildman–Crippen LogP) is 1.25. The molecule has 0 rings (SSSR count). The van der Waals surface area contributed by atoms with Crippen LogP contribution < -0.4 is 0 Å². The van der Waals surface area contributed by atoms with E-state index in [1.807, 2.05) is 0 Å². The van der Waals surface area contributed by atoms with Gasteiger partial charge in [0.2, 0.25) is 0 Å². The Morgan fingerprint density at radius 2 is 2.40 bits per heavy atom. The van der Waals surface area contributed by atoms with Gasteiger partial charge in [0.15, 0.2) is 0 Å². The van der Waals surface area contributed by atoms with Crippen molar-refractivity contribution >= 4 is 8.81 Å². The van der Waals surface area contributed by atoms with E-state index in [4.69, 9.17) is 4.52 Å². The average Bonchev–Trinajstić information content (AvgIpc) is 1.41. The van der Waals surface area contributed by atoms with Crippen LogP contribution in [0.4, 0.5) is 0 Å². The molecule has 0 aromatic heterocycles. The Morgan fingerprint density at radius 3 is 2.40 bits per heavy atom. The van der Waals surface area contributed by atoms with Crippen molar-refractivity contribution < 1.29 is 4.52 Å². The summed E-state index contributed by atoms with van der Waals surface area (Å²) in [6.07, 6.45) is 1.15. The van der Waals surface area contributed by atoms with Crippen molar-refractivity contribution in [3.8, 4) is 0 Å². The van der Waals surface area contributed by atoms with Crippen LogP contribution in [0.2, 0.25) is 0 Å². The van der Waals surface area contributed by atoms with E-state index in [1.165, 1.54) is 0 Å². The number of hydrogen-bond acceptors (Lipinski definition) is 1. The van der Waals surface area contributed by atoms with Crippen LogP contribution >= 0.6 is 8.81 Å². The molecule has 2 heteroatoms. The molecule has 0 aliphatic heterocycles. The van der Waals surface area contributed by atoms with E-state index in [0.717, 1.165) is 6.16 Å². The van der Waals surface area contributed by atoms with Crippen molar-refractivity contribution in [2.45, 2.75) is 6.92 Å². The van der Waals surface area contributed by atoms with Crippen molar-refractivity contribution in [1.29, 1.82) is 0 Å². The van der Waals surface area contributed by atoms with Crippen LogP contribution in [0, 0.1) is 0 Å². The normalized spacial score (nSPS) is 10.8.